The van der Waals surface area contributed by atoms with Gasteiger partial charge < -0.3 is 28.5 Å². The van der Waals surface area contributed by atoms with Crippen LogP contribution in [0.15, 0.2) is 109 Å². The summed E-state index contributed by atoms with van der Waals surface area (Å²) in [5.41, 5.74) is 0. The minimum Gasteiger partial charge on any atom is -0.756 e. The zero-order valence-corrected chi connectivity index (χ0v) is 62.6. The van der Waals surface area contributed by atoms with Crippen LogP contribution >= 0.6 is 7.82 Å². The lowest BCUT2D eigenvalue weighted by Gasteiger charge is -2.30. The molecule has 0 bridgehead atoms. The van der Waals surface area contributed by atoms with Crippen molar-refractivity contribution in [1.29, 1.82) is 0 Å². The monoisotopic (exact) mass is 1320 g/mol. The van der Waals surface area contributed by atoms with Crippen LogP contribution in [-0.2, 0) is 27.9 Å². The van der Waals surface area contributed by atoms with E-state index in [9.17, 15) is 19.0 Å². The summed E-state index contributed by atoms with van der Waals surface area (Å²) in [6.07, 6.45) is 99.3. The van der Waals surface area contributed by atoms with E-state index >= 15 is 0 Å². The number of carbonyl (C=O) groups excluding carboxylic acids is 2. The minimum atomic E-state index is -4.72. The van der Waals surface area contributed by atoms with Crippen molar-refractivity contribution in [3.63, 3.8) is 0 Å². The lowest BCUT2D eigenvalue weighted by Crippen LogP contribution is -2.47. The van der Waals surface area contributed by atoms with Crippen molar-refractivity contribution in [3.05, 3.63) is 109 Å². The number of hydrogen-bond acceptors (Lipinski definition) is 7. The number of carbonyl (C=O) groups is 2. The maximum atomic E-state index is 13.7. The molecule has 0 radical (unpaired) electrons. The molecule has 1 N–H and O–H groups in total. The van der Waals surface area contributed by atoms with E-state index in [-0.39, 0.29) is 24.9 Å². The van der Waals surface area contributed by atoms with Crippen LogP contribution in [0.4, 0.5) is 0 Å². The zero-order valence-electron chi connectivity index (χ0n) is 61.7. The fourth-order valence-corrected chi connectivity index (χ4v) is 11.9. The van der Waals surface area contributed by atoms with E-state index in [0.717, 1.165) is 109 Å². The van der Waals surface area contributed by atoms with Crippen molar-refractivity contribution in [2.75, 3.05) is 40.9 Å². The molecule has 0 spiro atoms. The molecule has 0 aromatic heterocycles. The molecular weight excluding hydrogens is 1170 g/mol. The highest BCUT2D eigenvalue weighted by molar-refractivity contribution is 7.45. The standard InChI is InChI=1S/C83H149N2O7P/c1-7-10-13-16-19-22-25-28-30-32-34-36-38-40-42-44-46-48-50-52-54-57-60-63-66-69-72-75-82(86)84-80(79-91-93(88,89)90-78-77-85(4,5)6)81(74-71-68-65-62-59-56-27-24-21-18-15-12-9-3)92-83(87)76-73-70-67-64-61-58-55-53-51-49-47-45-43-41-39-37-35-33-31-29-26-23-20-17-14-11-8-2/h19-20,22-23,28-31,34-37,40-43,71,74,80-81H,7-18,21,24-27,32-33,38-39,44-70,72-73,75-79H2,1-6H3,(H-,84,86,88,89)/b22-19-,23-20-,30-28-,31-29-,36-34-,37-35-,42-40-,43-41-,74-71+. The van der Waals surface area contributed by atoms with Crippen LogP contribution in [-0.4, -0.2) is 69.4 Å². The fraction of sp³-hybridized carbons (Fsp3) is 0.759. The van der Waals surface area contributed by atoms with Crippen LogP contribution < -0.4 is 10.2 Å². The Hall–Kier alpha value is -3.33. The van der Waals surface area contributed by atoms with Crippen LogP contribution in [0, 0.1) is 0 Å². The normalized spacial score (nSPS) is 14.0. The average Bonchev–Trinajstić information content (AvgIpc) is 2.31. The number of ether oxygens (including phenoxy) is 1. The van der Waals surface area contributed by atoms with Gasteiger partial charge in [0.05, 0.1) is 33.8 Å². The minimum absolute atomic E-state index is 0.0271. The Kier molecular flexibility index (Phi) is 68.9. The topological polar surface area (TPSA) is 114 Å². The van der Waals surface area contributed by atoms with Crippen molar-refractivity contribution < 1.29 is 37.3 Å². The SMILES string of the molecule is CCCCC/C=C\C/C=C\C/C=C\C/C=C\CCCCCCCCCCCCCC(=O)NC(COP(=O)([O-])OCC[N+](C)(C)C)C(/C=C/CCCCCCCCCCCCC)OC(=O)CCCCCCCCCCCCC/C=C\C/C=C\C/C=C\C/C=C\CCCCC. The van der Waals surface area contributed by atoms with Crippen molar-refractivity contribution in [2.24, 2.45) is 0 Å². The number of nitrogens with zero attached hydrogens (tertiary/aromatic N) is 1. The van der Waals surface area contributed by atoms with Crippen molar-refractivity contribution in [3.8, 4) is 0 Å². The quantitative estimate of drug-likeness (QED) is 0.0212. The van der Waals surface area contributed by atoms with Gasteiger partial charge >= 0.3 is 5.97 Å². The van der Waals surface area contributed by atoms with Gasteiger partial charge in [-0.1, -0.05) is 330 Å². The number of allylic oxidation sites excluding steroid dienone is 17. The summed E-state index contributed by atoms with van der Waals surface area (Å²) in [5.74, 6) is -0.541. The first kappa shape index (κ1) is 89.7. The summed E-state index contributed by atoms with van der Waals surface area (Å²) in [7, 11) is 1.18. The van der Waals surface area contributed by atoms with E-state index in [0.29, 0.717) is 17.4 Å². The van der Waals surface area contributed by atoms with Gasteiger partial charge in [-0.3, -0.25) is 14.2 Å². The summed E-state index contributed by atoms with van der Waals surface area (Å²) < 4.78 is 30.6. The maximum absolute atomic E-state index is 13.7. The molecule has 0 heterocycles. The van der Waals surface area contributed by atoms with Crippen molar-refractivity contribution in [2.45, 2.75) is 367 Å². The first-order chi connectivity index (χ1) is 45.4. The van der Waals surface area contributed by atoms with Crippen LogP contribution in [0.1, 0.15) is 355 Å². The van der Waals surface area contributed by atoms with Gasteiger partial charge in [0.15, 0.2) is 0 Å². The summed E-state index contributed by atoms with van der Waals surface area (Å²) >= 11 is 0. The van der Waals surface area contributed by atoms with Crippen molar-refractivity contribution in [1.82, 2.24) is 5.32 Å². The largest absolute Gasteiger partial charge is 0.756 e. The van der Waals surface area contributed by atoms with Gasteiger partial charge in [-0.15, -0.1) is 0 Å². The molecule has 93 heavy (non-hydrogen) atoms. The molecule has 10 heteroatoms. The number of phosphoric ester groups is 1. The molecule has 0 saturated carbocycles. The van der Waals surface area contributed by atoms with Gasteiger partial charge in [0.25, 0.3) is 7.82 Å². The number of esters is 1. The second kappa shape index (κ2) is 71.4. The third kappa shape index (κ3) is 72.8. The molecule has 538 valence electrons. The van der Waals surface area contributed by atoms with Gasteiger partial charge in [0, 0.05) is 12.8 Å². The highest BCUT2D eigenvalue weighted by Gasteiger charge is 2.27. The molecule has 1 amide bonds. The molecule has 0 aliphatic carbocycles. The Morgan fingerprint density at radius 2 is 0.656 bits per heavy atom. The molecule has 0 saturated heterocycles. The summed E-state index contributed by atoms with van der Waals surface area (Å²) in [5, 5.41) is 3.05. The third-order valence-corrected chi connectivity index (χ3v) is 18.1. The van der Waals surface area contributed by atoms with Gasteiger partial charge in [0.2, 0.25) is 5.91 Å². The predicted molar refractivity (Wildman–Crippen MR) is 404 cm³/mol. The number of nitrogens with one attached hydrogen (secondary N) is 1. The van der Waals surface area contributed by atoms with Crippen LogP contribution in [0.5, 0.6) is 0 Å². The van der Waals surface area contributed by atoms with E-state index in [2.05, 4.69) is 123 Å². The van der Waals surface area contributed by atoms with Crippen LogP contribution in [0.2, 0.25) is 0 Å². The first-order valence-corrected chi connectivity index (χ1v) is 40.7. The lowest BCUT2D eigenvalue weighted by atomic mass is 10.0. The van der Waals surface area contributed by atoms with E-state index in [1.807, 2.05) is 33.3 Å². The highest BCUT2D eigenvalue weighted by Crippen LogP contribution is 2.38. The second-order valence-corrected chi connectivity index (χ2v) is 28.9. The number of quaternary nitrogens is 1. The van der Waals surface area contributed by atoms with E-state index < -0.39 is 26.6 Å². The first-order valence-electron chi connectivity index (χ1n) is 39.2. The van der Waals surface area contributed by atoms with E-state index in [1.165, 1.54) is 212 Å². The van der Waals surface area contributed by atoms with E-state index in [1.54, 1.807) is 0 Å². The fourth-order valence-electron chi connectivity index (χ4n) is 11.1. The molecule has 3 atom stereocenters. The smallest absolute Gasteiger partial charge is 0.306 e. The number of phosphoric acid groups is 1. The van der Waals surface area contributed by atoms with Crippen molar-refractivity contribution >= 4 is 19.7 Å². The lowest BCUT2D eigenvalue weighted by molar-refractivity contribution is -0.870. The molecule has 0 fully saturated rings. The number of rotatable bonds is 71. The Balaban J connectivity index is 5.02. The van der Waals surface area contributed by atoms with Gasteiger partial charge in [-0.25, -0.2) is 0 Å². The van der Waals surface area contributed by atoms with Crippen LogP contribution in [0.25, 0.3) is 0 Å². The number of likely N-dealkylation sites (N-methyl/N-ethyl adjacent to an activating group) is 1. The maximum Gasteiger partial charge on any atom is 0.306 e. The van der Waals surface area contributed by atoms with Gasteiger partial charge in [-0.2, -0.15) is 0 Å². The summed E-state index contributed by atoms with van der Waals surface area (Å²) in [6.45, 7) is 6.82. The molecular formula is C83H149N2O7P. The average molecular weight is 1320 g/mol. The molecule has 0 aromatic carbocycles. The Labute approximate surface area is 576 Å². The number of hydrogen-bond donors (Lipinski definition) is 1. The second-order valence-electron chi connectivity index (χ2n) is 27.5. The van der Waals surface area contributed by atoms with Gasteiger partial charge in [0.1, 0.15) is 19.3 Å². The highest BCUT2D eigenvalue weighted by atomic mass is 31.2. The van der Waals surface area contributed by atoms with Gasteiger partial charge in [-0.05, 0) is 122 Å². The van der Waals surface area contributed by atoms with E-state index in [4.69, 9.17) is 13.8 Å². The Bertz CT molecular complexity index is 1960. The molecule has 3 unspecified atom stereocenters. The molecule has 0 aromatic rings. The van der Waals surface area contributed by atoms with Crippen LogP contribution in [0.3, 0.4) is 0 Å². The Morgan fingerprint density at radius 1 is 0.376 bits per heavy atom. The number of unbranched alkanes of at least 4 members (excludes halogenated alkanes) is 39. The predicted octanol–water partition coefficient (Wildman–Crippen LogP) is 24.9. The molecule has 9 nitrogen and oxygen atoms in total. The summed E-state index contributed by atoms with van der Waals surface area (Å²) in [6, 6.07) is -0.899. The number of amides is 1. The molecule has 0 rings (SSSR count). The molecule has 0 aliphatic heterocycles. The Morgan fingerprint density at radius 3 is 1.00 bits per heavy atom. The molecule has 0 aliphatic rings. The zero-order chi connectivity index (χ0) is 67.8. The third-order valence-electron chi connectivity index (χ3n) is 17.2. The summed E-state index contributed by atoms with van der Waals surface area (Å²) in [4.78, 5) is 40.4.